The third kappa shape index (κ3) is 19.0. The van der Waals surface area contributed by atoms with E-state index in [-0.39, 0.29) is 0 Å². The molecule has 0 aliphatic heterocycles. The van der Waals surface area contributed by atoms with Crippen LogP contribution < -0.4 is 0 Å². The first-order valence-corrected chi connectivity index (χ1v) is 44.7. The van der Waals surface area contributed by atoms with E-state index < -0.39 is 0 Å². The van der Waals surface area contributed by atoms with E-state index in [0.717, 1.165) is 0 Å². The zero-order valence-corrected chi connectivity index (χ0v) is 83.7. The molecule has 0 N–H and O–H groups in total. The zero-order valence-electron chi connectivity index (χ0n) is 83.7. The number of hydrogen-bond acceptors (Lipinski definition) is 0. The Bertz CT molecular complexity index is 6540. The Hall–Kier alpha value is -10.4. The highest BCUT2D eigenvalue weighted by Gasteiger charge is 2.20. The van der Waals surface area contributed by atoms with Crippen LogP contribution >= 0.6 is 0 Å². The van der Waals surface area contributed by atoms with E-state index in [1.165, 1.54) is 320 Å². The smallest absolute Gasteiger partial charge is 0.0114 e. The first-order chi connectivity index (χ1) is 57.0. The van der Waals surface area contributed by atoms with Gasteiger partial charge in [0, 0.05) is 0 Å². The summed E-state index contributed by atoms with van der Waals surface area (Å²) in [4.78, 5) is 0. The third-order valence-electron chi connectivity index (χ3n) is 29.0. The molecule has 0 aliphatic rings. The number of hydrogen-bond donors (Lipinski definition) is 0. The first-order valence-electron chi connectivity index (χ1n) is 44.7. The highest BCUT2D eigenvalue weighted by atomic mass is 14.2. The summed E-state index contributed by atoms with van der Waals surface area (Å²) in [6.45, 7) is 93.1. The quantitative estimate of drug-likeness (QED) is 0.142. The maximum Gasteiger partial charge on any atom is -0.0114 e. The number of aryl methyl sites for hydroxylation is 36. The molecule has 0 nitrogen and oxygen atoms in total. The Morgan fingerprint density at radius 3 is 0.713 bits per heavy atom. The molecule has 0 fully saturated rings. The van der Waals surface area contributed by atoms with E-state index in [2.05, 4.69) is 424 Å². The Balaban J connectivity index is 0.000000159. The molecule has 0 saturated heterocycles. The second-order valence-corrected chi connectivity index (χ2v) is 37.4. The van der Waals surface area contributed by atoms with Crippen molar-refractivity contribution in [1.29, 1.82) is 0 Å². The molecule has 0 aliphatic carbocycles. The fourth-order valence-electron chi connectivity index (χ4n) is 20.1. The van der Waals surface area contributed by atoms with Gasteiger partial charge in [0.25, 0.3) is 0 Å². The Kier molecular flexibility index (Phi) is 30.2. The predicted octanol–water partition coefficient (Wildman–Crippen LogP) is 35.7. The predicted molar refractivity (Wildman–Crippen MR) is 551 cm³/mol. The van der Waals surface area contributed by atoms with Gasteiger partial charge in [0.1, 0.15) is 0 Å². The van der Waals surface area contributed by atoms with Gasteiger partial charge in [0.15, 0.2) is 0 Å². The van der Waals surface area contributed by atoms with Crippen molar-refractivity contribution in [3.8, 4) is 0 Å². The minimum absolute atomic E-state index is 1.34. The van der Waals surface area contributed by atoms with Gasteiger partial charge in [0.2, 0.25) is 0 Å². The summed E-state index contributed by atoms with van der Waals surface area (Å²) < 4.78 is 0. The molecule has 16 rings (SSSR count). The van der Waals surface area contributed by atoms with Gasteiger partial charge in [-0.15, -0.1) is 0 Å². The Morgan fingerprint density at radius 2 is 0.336 bits per heavy atom. The summed E-state index contributed by atoms with van der Waals surface area (Å²) in [5, 5.41) is 23.0. The molecule has 16 aromatic rings. The molecule has 0 bridgehead atoms. The van der Waals surface area contributed by atoms with Gasteiger partial charge in [-0.05, 0) is 600 Å². The van der Waals surface area contributed by atoms with Gasteiger partial charge in [-0.25, -0.2) is 0 Å². The van der Waals surface area contributed by atoms with E-state index in [1.54, 1.807) is 0 Å². The van der Waals surface area contributed by atoms with E-state index in [0.29, 0.717) is 0 Å². The molecule has 636 valence electrons. The lowest BCUT2D eigenvalue weighted by Gasteiger charge is -2.21. The number of fused-ring (bicyclic) bond motifs is 8. The number of rotatable bonds is 0. The van der Waals surface area contributed by atoms with Crippen molar-refractivity contribution in [2.45, 2.75) is 291 Å². The number of benzene rings is 16. The first kappa shape index (κ1) is 95.4. The monoisotopic (exact) mass is 1610 g/mol. The molecule has 0 atom stereocenters. The summed E-state index contributed by atoms with van der Waals surface area (Å²) in [7, 11) is 0. The van der Waals surface area contributed by atoms with Crippen molar-refractivity contribution in [1.82, 2.24) is 0 Å². The average molecular weight is 1610 g/mol. The van der Waals surface area contributed by atoms with Gasteiger partial charge >= 0.3 is 0 Å². The molecule has 0 heterocycles. The minimum atomic E-state index is 1.34. The van der Waals surface area contributed by atoms with Crippen LogP contribution in [0, 0.1) is 291 Å². The second kappa shape index (κ2) is 38.6. The fourth-order valence-corrected chi connectivity index (χ4v) is 20.1. The minimum Gasteiger partial charge on any atom is -0.0614 e. The Labute approximate surface area is 739 Å². The van der Waals surface area contributed by atoms with Crippen molar-refractivity contribution < 1.29 is 0 Å². The van der Waals surface area contributed by atoms with Gasteiger partial charge in [-0.3, -0.25) is 0 Å². The molecule has 0 saturated carbocycles. The molecule has 16 aromatic carbocycles. The van der Waals surface area contributed by atoms with Crippen LogP contribution in [0.1, 0.15) is 234 Å². The molecule has 122 heavy (non-hydrogen) atoms. The fraction of sp³-hybridized carbons (Fsp3) is 0.344. The van der Waals surface area contributed by atoms with Crippen LogP contribution in [0.15, 0.2) is 133 Å². The van der Waals surface area contributed by atoms with Crippen LogP contribution in [-0.2, 0) is 0 Å². The maximum atomic E-state index is 2.32. The summed E-state index contributed by atoms with van der Waals surface area (Å²) in [5.41, 5.74) is 59.3. The lowest BCUT2D eigenvalue weighted by Crippen LogP contribution is -2.01. The normalized spacial score (nSPS) is 11.0. The van der Waals surface area contributed by atoms with Crippen molar-refractivity contribution in [3.63, 3.8) is 0 Å². The molecular formula is C122H148. The van der Waals surface area contributed by atoms with Gasteiger partial charge in [0.05, 0.1) is 0 Å². The standard InChI is InChI=1S/C18H24.C17H22.C16H20.C15H18.4C14H16/c1-9-10(2)14(6)18-16(8)12(4)11(3)15(7)17(18)13(9)5;1-9-8-10(2)16-14(6)12(4)13(5)15(7)17(16)11(9)3;1-9-7-11(3)16-14(6)10(2)8-12(4)15(16)13(9)5;1-9-6-12(4)15-13(5)10(2)8-11(3)14(15)7-9;1-9-5-6-13-11(3)8-10(2)12(4)14(13)7-9;1-9-5-6-11(3)14-12(4)8-7-10(2)13(9)14;1-9-6-5-7-13-12(4)10(2)8-11(3)14(9)13;1-9-6-5-7-13-11(3)8-10(2)12(4)14(9)13/h1-8H3;8H,1-7H3;7-8H,1-6H3;6-8H,1-5H3;4*5-8H,1-4H3. The topological polar surface area (TPSA) is 0 Å². The molecule has 0 amide bonds. The van der Waals surface area contributed by atoms with Crippen molar-refractivity contribution in [3.05, 3.63) is 367 Å². The molecular weight excluding hydrogens is 1470 g/mol. The van der Waals surface area contributed by atoms with E-state index in [9.17, 15) is 0 Å². The summed E-state index contributed by atoms with van der Waals surface area (Å²) in [6.07, 6.45) is 0. The van der Waals surface area contributed by atoms with Crippen LogP contribution in [-0.4, -0.2) is 0 Å². The van der Waals surface area contributed by atoms with Gasteiger partial charge < -0.3 is 0 Å². The van der Waals surface area contributed by atoms with Crippen LogP contribution in [0.5, 0.6) is 0 Å². The van der Waals surface area contributed by atoms with Crippen molar-refractivity contribution in [2.75, 3.05) is 0 Å². The molecule has 0 aromatic heterocycles. The summed E-state index contributed by atoms with van der Waals surface area (Å²) in [6, 6.07) is 49.3. The van der Waals surface area contributed by atoms with E-state index in [1.807, 2.05) is 0 Å². The van der Waals surface area contributed by atoms with Crippen LogP contribution in [0.2, 0.25) is 0 Å². The van der Waals surface area contributed by atoms with Crippen LogP contribution in [0.3, 0.4) is 0 Å². The van der Waals surface area contributed by atoms with E-state index in [4.69, 9.17) is 0 Å². The summed E-state index contributed by atoms with van der Waals surface area (Å²) >= 11 is 0. The lowest BCUT2D eigenvalue weighted by atomic mass is 9.83. The molecule has 0 unspecified atom stereocenters. The third-order valence-corrected chi connectivity index (χ3v) is 29.0. The SMILES string of the molecule is Cc1c(C)c(C)c2c(C)c(C)c(C)c(C)c2c1C.Cc1cc(C)c2c(C)c(C)c(C)c(C)c2c1C.Cc1cc(C)c2c(C)c(C)cc(C)c2c1.Cc1cc(C)c2c(C)c(C)cc(C)c2c1C.Cc1cc(C)c2c(C)cccc2c1C.Cc1cc(C)c2cccc(C)c2c1C.Cc1ccc(C)c2c(C)ccc(C)c12.Cc1ccc2c(C)cc(C)c(C)c2c1. The second-order valence-electron chi connectivity index (χ2n) is 37.4. The van der Waals surface area contributed by atoms with Crippen LogP contribution in [0.4, 0.5) is 0 Å². The zero-order chi connectivity index (χ0) is 91.0. The average Bonchev–Trinajstić information content (AvgIpc) is 0.743. The molecule has 0 radical (unpaired) electrons. The van der Waals surface area contributed by atoms with Crippen molar-refractivity contribution in [2.24, 2.45) is 0 Å². The lowest BCUT2D eigenvalue weighted by molar-refractivity contribution is 1.20. The molecule has 0 spiro atoms. The van der Waals surface area contributed by atoms with Gasteiger partial charge in [-0.2, -0.15) is 0 Å². The maximum absolute atomic E-state index is 2.32. The summed E-state index contributed by atoms with van der Waals surface area (Å²) in [5.74, 6) is 0. The Morgan fingerprint density at radius 1 is 0.0984 bits per heavy atom. The van der Waals surface area contributed by atoms with Crippen molar-refractivity contribution >= 4 is 86.2 Å². The van der Waals surface area contributed by atoms with E-state index >= 15 is 0 Å². The highest BCUT2D eigenvalue weighted by molar-refractivity contribution is 6.01. The largest absolute Gasteiger partial charge is 0.0614 e. The van der Waals surface area contributed by atoms with Gasteiger partial charge in [-0.1, -0.05) is 145 Å². The highest BCUT2D eigenvalue weighted by Crippen LogP contribution is 2.41. The molecule has 0 heteroatoms. The van der Waals surface area contributed by atoms with Crippen LogP contribution in [0.25, 0.3) is 86.2 Å².